The van der Waals surface area contributed by atoms with Crippen molar-refractivity contribution in [1.29, 1.82) is 0 Å². The predicted molar refractivity (Wildman–Crippen MR) is 71.3 cm³/mol. The van der Waals surface area contributed by atoms with Gasteiger partial charge in [0.1, 0.15) is 0 Å². The largest absolute Gasteiger partial charge is 0.504 e. The summed E-state index contributed by atoms with van der Waals surface area (Å²) < 4.78 is 10.1. The summed E-state index contributed by atoms with van der Waals surface area (Å²) in [5.41, 5.74) is 5.00. The highest BCUT2D eigenvalue weighted by atomic mass is 16.5. The molecule has 7 nitrogen and oxygen atoms in total. The van der Waals surface area contributed by atoms with Crippen LogP contribution in [0.4, 0.5) is 0 Å². The van der Waals surface area contributed by atoms with Crippen molar-refractivity contribution in [2.24, 2.45) is 5.73 Å². The molecule has 1 heterocycles. The Kier molecular flexibility index (Phi) is 3.91. The summed E-state index contributed by atoms with van der Waals surface area (Å²) in [6.07, 6.45) is 0.172. The highest BCUT2D eigenvalue weighted by Crippen LogP contribution is 2.30. The van der Waals surface area contributed by atoms with Gasteiger partial charge >= 0.3 is 0 Å². The second-order valence-corrected chi connectivity index (χ2v) is 4.78. The second kappa shape index (κ2) is 5.48. The van der Waals surface area contributed by atoms with Crippen LogP contribution in [0.25, 0.3) is 11.4 Å². The lowest BCUT2D eigenvalue weighted by Gasteiger charge is -2.17. The minimum Gasteiger partial charge on any atom is -0.504 e. The van der Waals surface area contributed by atoms with Gasteiger partial charge in [-0.2, -0.15) is 4.98 Å². The quantitative estimate of drug-likeness (QED) is 0.738. The Morgan fingerprint density at radius 2 is 2.20 bits per heavy atom. The van der Waals surface area contributed by atoms with Crippen LogP contribution in [0.5, 0.6) is 11.5 Å². The van der Waals surface area contributed by atoms with Crippen molar-refractivity contribution >= 4 is 0 Å². The minimum absolute atomic E-state index is 0.0334. The summed E-state index contributed by atoms with van der Waals surface area (Å²) in [7, 11) is 1.46. The standard InChI is InChI=1S/C13H17N3O4/c1-13(18,7-14)6-11-15-12(16-20-11)8-3-4-9(17)10(5-8)19-2/h3-5,17-18H,6-7,14H2,1-2H3. The molecule has 0 radical (unpaired) electrons. The fourth-order valence-electron chi connectivity index (χ4n) is 1.66. The molecule has 1 atom stereocenters. The Morgan fingerprint density at radius 3 is 2.85 bits per heavy atom. The SMILES string of the molecule is COc1cc(-c2noc(CC(C)(O)CN)n2)ccc1O. The molecular weight excluding hydrogens is 262 g/mol. The average Bonchev–Trinajstić information content (AvgIpc) is 2.87. The smallest absolute Gasteiger partial charge is 0.229 e. The van der Waals surface area contributed by atoms with E-state index >= 15 is 0 Å². The maximum Gasteiger partial charge on any atom is 0.229 e. The van der Waals surface area contributed by atoms with Crippen molar-refractivity contribution in [3.63, 3.8) is 0 Å². The second-order valence-electron chi connectivity index (χ2n) is 4.78. The number of methoxy groups -OCH3 is 1. The van der Waals surface area contributed by atoms with Crippen LogP contribution >= 0.6 is 0 Å². The number of hydrogen-bond donors (Lipinski definition) is 3. The number of aromatic hydroxyl groups is 1. The van der Waals surface area contributed by atoms with Crippen LogP contribution in [0.15, 0.2) is 22.7 Å². The third-order valence-corrected chi connectivity index (χ3v) is 2.88. The van der Waals surface area contributed by atoms with Gasteiger partial charge in [-0.15, -0.1) is 0 Å². The lowest BCUT2D eigenvalue weighted by Crippen LogP contribution is -2.36. The van der Waals surface area contributed by atoms with E-state index in [1.165, 1.54) is 13.2 Å². The molecule has 0 fully saturated rings. The molecule has 1 unspecified atom stereocenters. The highest BCUT2D eigenvalue weighted by molar-refractivity contribution is 5.60. The molecule has 2 aromatic rings. The number of nitrogens with two attached hydrogens (primary N) is 1. The van der Waals surface area contributed by atoms with Crippen LogP contribution in [0, 0.1) is 0 Å². The first kappa shape index (κ1) is 14.3. The molecule has 1 aromatic heterocycles. The van der Waals surface area contributed by atoms with Crippen molar-refractivity contribution in [3.8, 4) is 22.9 Å². The molecule has 7 heteroatoms. The van der Waals surface area contributed by atoms with E-state index in [2.05, 4.69) is 10.1 Å². The van der Waals surface area contributed by atoms with Gasteiger partial charge in [-0.25, -0.2) is 0 Å². The van der Waals surface area contributed by atoms with E-state index in [1.54, 1.807) is 19.1 Å². The van der Waals surface area contributed by atoms with Gasteiger partial charge in [0.25, 0.3) is 0 Å². The normalized spacial score (nSPS) is 14.0. The van der Waals surface area contributed by atoms with Crippen LogP contribution in [-0.4, -0.2) is 39.6 Å². The number of ether oxygens (including phenoxy) is 1. The van der Waals surface area contributed by atoms with Gasteiger partial charge in [0.2, 0.25) is 11.7 Å². The van der Waals surface area contributed by atoms with E-state index < -0.39 is 5.60 Å². The summed E-state index contributed by atoms with van der Waals surface area (Å²) in [4.78, 5) is 4.19. The van der Waals surface area contributed by atoms with Crippen molar-refractivity contribution in [1.82, 2.24) is 10.1 Å². The fraction of sp³-hybridized carbons (Fsp3) is 0.385. The number of aromatic nitrogens is 2. The Balaban J connectivity index is 2.25. The molecule has 0 spiro atoms. The van der Waals surface area contributed by atoms with Crippen LogP contribution in [0.3, 0.4) is 0 Å². The number of nitrogens with zero attached hydrogens (tertiary/aromatic N) is 2. The molecule has 0 saturated carbocycles. The number of phenols is 1. The Hall–Kier alpha value is -2.12. The predicted octanol–water partition coefficient (Wildman–Crippen LogP) is 0.703. The van der Waals surface area contributed by atoms with Crippen LogP contribution in [0.1, 0.15) is 12.8 Å². The third kappa shape index (κ3) is 3.06. The summed E-state index contributed by atoms with van der Waals surface area (Å²) in [6.45, 7) is 1.69. The Labute approximate surface area is 116 Å². The maximum absolute atomic E-state index is 9.87. The number of benzene rings is 1. The zero-order chi connectivity index (χ0) is 14.8. The van der Waals surface area contributed by atoms with Gasteiger partial charge in [0.05, 0.1) is 19.1 Å². The number of rotatable bonds is 5. The lowest BCUT2D eigenvalue weighted by atomic mass is 10.0. The number of aliphatic hydroxyl groups is 1. The molecule has 2 rings (SSSR count). The van der Waals surface area contributed by atoms with Gasteiger partial charge in [-0.3, -0.25) is 0 Å². The van der Waals surface area contributed by atoms with Crippen LogP contribution < -0.4 is 10.5 Å². The van der Waals surface area contributed by atoms with E-state index in [4.69, 9.17) is 15.0 Å². The molecule has 108 valence electrons. The molecule has 0 aliphatic heterocycles. The van der Waals surface area contributed by atoms with Gasteiger partial charge in [0, 0.05) is 12.1 Å². The van der Waals surface area contributed by atoms with Crippen molar-refractivity contribution in [2.45, 2.75) is 18.9 Å². The van der Waals surface area contributed by atoms with Gasteiger partial charge < -0.3 is 25.2 Å². The van der Waals surface area contributed by atoms with E-state index in [-0.39, 0.29) is 18.7 Å². The molecular formula is C13H17N3O4. The van der Waals surface area contributed by atoms with E-state index in [9.17, 15) is 10.2 Å². The van der Waals surface area contributed by atoms with Crippen molar-refractivity contribution < 1.29 is 19.5 Å². The van der Waals surface area contributed by atoms with E-state index in [0.717, 1.165) is 0 Å². The molecule has 0 aliphatic carbocycles. The van der Waals surface area contributed by atoms with Crippen molar-refractivity contribution in [3.05, 3.63) is 24.1 Å². The first-order chi connectivity index (χ1) is 9.45. The van der Waals surface area contributed by atoms with Crippen LogP contribution in [0.2, 0.25) is 0 Å². The molecule has 0 amide bonds. The Bertz CT molecular complexity index is 595. The van der Waals surface area contributed by atoms with Crippen molar-refractivity contribution in [2.75, 3.05) is 13.7 Å². The van der Waals surface area contributed by atoms with Crippen LogP contribution in [-0.2, 0) is 6.42 Å². The topological polar surface area (TPSA) is 115 Å². The van der Waals surface area contributed by atoms with Gasteiger partial charge in [-0.1, -0.05) is 5.16 Å². The summed E-state index contributed by atoms with van der Waals surface area (Å²) in [5, 5.41) is 23.2. The molecule has 1 aromatic carbocycles. The minimum atomic E-state index is -1.09. The zero-order valence-electron chi connectivity index (χ0n) is 11.3. The van der Waals surface area contributed by atoms with E-state index in [1.807, 2.05) is 0 Å². The number of hydrogen-bond acceptors (Lipinski definition) is 7. The first-order valence-electron chi connectivity index (χ1n) is 6.07. The molecule has 0 aliphatic rings. The Morgan fingerprint density at radius 1 is 1.45 bits per heavy atom. The number of phenolic OH excluding ortho intramolecular Hbond substituents is 1. The lowest BCUT2D eigenvalue weighted by molar-refractivity contribution is 0.0610. The van der Waals surface area contributed by atoms with Gasteiger partial charge in [-0.05, 0) is 25.1 Å². The monoisotopic (exact) mass is 279 g/mol. The highest BCUT2D eigenvalue weighted by Gasteiger charge is 2.23. The summed E-state index contributed by atoms with van der Waals surface area (Å²) in [5.74, 6) is 1.00. The molecule has 20 heavy (non-hydrogen) atoms. The summed E-state index contributed by atoms with van der Waals surface area (Å²) in [6, 6.07) is 4.73. The molecule has 0 saturated heterocycles. The van der Waals surface area contributed by atoms with Gasteiger partial charge in [0.15, 0.2) is 11.5 Å². The fourth-order valence-corrected chi connectivity index (χ4v) is 1.66. The summed E-state index contributed by atoms with van der Waals surface area (Å²) >= 11 is 0. The average molecular weight is 279 g/mol. The maximum atomic E-state index is 9.87. The first-order valence-corrected chi connectivity index (χ1v) is 6.07. The third-order valence-electron chi connectivity index (χ3n) is 2.88. The molecule has 4 N–H and O–H groups in total. The zero-order valence-corrected chi connectivity index (χ0v) is 11.3. The molecule has 0 bridgehead atoms. The van der Waals surface area contributed by atoms with E-state index in [0.29, 0.717) is 23.0 Å².